The van der Waals surface area contributed by atoms with Crippen molar-refractivity contribution in [3.63, 3.8) is 0 Å². The van der Waals surface area contributed by atoms with E-state index in [1.54, 1.807) is 0 Å². The minimum Gasteiger partial charge on any atom is -0.346 e. The summed E-state index contributed by atoms with van der Waals surface area (Å²) in [4.78, 5) is 13.7. The van der Waals surface area contributed by atoms with E-state index in [-0.39, 0.29) is 5.92 Å². The average Bonchev–Trinajstić information content (AvgIpc) is 2.13. The third-order valence-corrected chi connectivity index (χ3v) is 3.35. The van der Waals surface area contributed by atoms with E-state index < -0.39 is 0 Å². The number of nitrogens with zero attached hydrogens (tertiary/aromatic N) is 1. The number of nitrogens with two attached hydrogens (primary N) is 1. The Hall–Kier alpha value is -0.570. The maximum Gasteiger partial charge on any atom is 0.225 e. The van der Waals surface area contributed by atoms with Crippen molar-refractivity contribution in [1.82, 2.24) is 4.90 Å². The van der Waals surface area contributed by atoms with Crippen molar-refractivity contribution in [2.75, 3.05) is 20.1 Å². The Balaban J connectivity index is 2.69. The van der Waals surface area contributed by atoms with Crippen LogP contribution in [-0.4, -0.2) is 30.9 Å². The van der Waals surface area contributed by atoms with Gasteiger partial charge in [0.2, 0.25) is 5.91 Å². The summed E-state index contributed by atoms with van der Waals surface area (Å²) < 4.78 is 0. The first-order chi connectivity index (χ1) is 6.57. The maximum absolute atomic E-state index is 11.9. The van der Waals surface area contributed by atoms with Crippen LogP contribution < -0.4 is 5.73 Å². The standard InChI is InChI=1S/C11H22N2O/c1-8(2)10(7-12)9-5-4-6-13(3)11(9)14/h8-10H,4-7,12H2,1-3H3. The van der Waals surface area contributed by atoms with Crippen molar-refractivity contribution < 1.29 is 4.79 Å². The molecule has 0 radical (unpaired) electrons. The van der Waals surface area contributed by atoms with E-state index in [0.29, 0.717) is 24.3 Å². The molecule has 0 aromatic heterocycles. The molecule has 2 atom stereocenters. The van der Waals surface area contributed by atoms with Crippen LogP contribution in [0.5, 0.6) is 0 Å². The third kappa shape index (κ3) is 2.27. The normalized spacial score (nSPS) is 25.6. The van der Waals surface area contributed by atoms with Crippen LogP contribution in [0.1, 0.15) is 26.7 Å². The molecule has 1 rings (SSSR count). The van der Waals surface area contributed by atoms with Gasteiger partial charge in [-0.25, -0.2) is 0 Å². The minimum absolute atomic E-state index is 0.166. The van der Waals surface area contributed by atoms with E-state index in [1.165, 1.54) is 0 Å². The number of hydrogen-bond acceptors (Lipinski definition) is 2. The van der Waals surface area contributed by atoms with Crippen LogP contribution in [0.3, 0.4) is 0 Å². The number of piperidine rings is 1. The van der Waals surface area contributed by atoms with Crippen LogP contribution in [0, 0.1) is 17.8 Å². The Morgan fingerprint density at radius 2 is 2.21 bits per heavy atom. The van der Waals surface area contributed by atoms with Gasteiger partial charge in [0.15, 0.2) is 0 Å². The van der Waals surface area contributed by atoms with E-state index in [9.17, 15) is 4.79 Å². The summed E-state index contributed by atoms with van der Waals surface area (Å²) in [5.74, 6) is 1.31. The molecule has 0 aromatic rings. The van der Waals surface area contributed by atoms with E-state index in [1.807, 2.05) is 11.9 Å². The monoisotopic (exact) mass is 198 g/mol. The first kappa shape index (κ1) is 11.5. The largest absolute Gasteiger partial charge is 0.346 e. The van der Waals surface area contributed by atoms with Gasteiger partial charge in [-0.1, -0.05) is 13.8 Å². The summed E-state index contributed by atoms with van der Waals surface area (Å²) in [6.45, 7) is 5.84. The summed E-state index contributed by atoms with van der Waals surface area (Å²) >= 11 is 0. The second-order valence-corrected chi connectivity index (χ2v) is 4.65. The van der Waals surface area contributed by atoms with Crippen molar-refractivity contribution in [2.24, 2.45) is 23.5 Å². The first-order valence-electron chi connectivity index (χ1n) is 5.53. The quantitative estimate of drug-likeness (QED) is 0.737. The van der Waals surface area contributed by atoms with Gasteiger partial charge >= 0.3 is 0 Å². The average molecular weight is 198 g/mol. The van der Waals surface area contributed by atoms with Gasteiger partial charge < -0.3 is 10.6 Å². The summed E-state index contributed by atoms with van der Waals surface area (Å²) in [7, 11) is 1.89. The molecule has 2 N–H and O–H groups in total. The molecule has 1 amide bonds. The molecule has 82 valence electrons. The molecular weight excluding hydrogens is 176 g/mol. The zero-order chi connectivity index (χ0) is 10.7. The smallest absolute Gasteiger partial charge is 0.225 e. The van der Waals surface area contributed by atoms with E-state index in [4.69, 9.17) is 5.73 Å². The molecule has 14 heavy (non-hydrogen) atoms. The molecule has 0 bridgehead atoms. The fraction of sp³-hybridized carbons (Fsp3) is 0.909. The van der Waals surface area contributed by atoms with Crippen LogP contribution in [0.25, 0.3) is 0 Å². The highest BCUT2D eigenvalue weighted by molar-refractivity contribution is 5.79. The zero-order valence-corrected chi connectivity index (χ0v) is 9.49. The lowest BCUT2D eigenvalue weighted by molar-refractivity contribution is -0.139. The van der Waals surface area contributed by atoms with Crippen molar-refractivity contribution in [2.45, 2.75) is 26.7 Å². The molecule has 0 saturated carbocycles. The number of amides is 1. The van der Waals surface area contributed by atoms with Gasteiger partial charge in [-0.05, 0) is 31.2 Å². The molecular formula is C11H22N2O. The lowest BCUT2D eigenvalue weighted by Crippen LogP contribution is -2.44. The number of carbonyl (C=O) groups is 1. The van der Waals surface area contributed by atoms with Crippen molar-refractivity contribution in [3.05, 3.63) is 0 Å². The Morgan fingerprint density at radius 1 is 1.57 bits per heavy atom. The minimum atomic E-state index is 0.166. The third-order valence-electron chi connectivity index (χ3n) is 3.35. The highest BCUT2D eigenvalue weighted by atomic mass is 16.2. The second-order valence-electron chi connectivity index (χ2n) is 4.65. The van der Waals surface area contributed by atoms with Crippen molar-refractivity contribution in [1.29, 1.82) is 0 Å². The van der Waals surface area contributed by atoms with Gasteiger partial charge in [-0.3, -0.25) is 4.79 Å². The highest BCUT2D eigenvalue weighted by Crippen LogP contribution is 2.28. The second kappa shape index (κ2) is 4.78. The predicted molar refractivity (Wildman–Crippen MR) is 57.7 cm³/mol. The van der Waals surface area contributed by atoms with Gasteiger partial charge in [0.05, 0.1) is 0 Å². The van der Waals surface area contributed by atoms with Crippen LogP contribution >= 0.6 is 0 Å². The summed E-state index contributed by atoms with van der Waals surface area (Å²) in [5, 5.41) is 0. The molecule has 0 aliphatic carbocycles. The topological polar surface area (TPSA) is 46.3 Å². The Bertz CT molecular complexity index is 203. The molecule has 1 fully saturated rings. The Kier molecular flexibility index (Phi) is 3.93. The molecule has 1 saturated heterocycles. The van der Waals surface area contributed by atoms with Crippen LogP contribution in [-0.2, 0) is 4.79 Å². The van der Waals surface area contributed by atoms with Gasteiger partial charge in [-0.15, -0.1) is 0 Å². The van der Waals surface area contributed by atoms with Crippen molar-refractivity contribution in [3.8, 4) is 0 Å². The van der Waals surface area contributed by atoms with Gasteiger partial charge in [-0.2, -0.15) is 0 Å². The summed E-state index contributed by atoms with van der Waals surface area (Å²) in [6, 6.07) is 0. The molecule has 2 unspecified atom stereocenters. The molecule has 0 aromatic carbocycles. The SMILES string of the molecule is CC(C)C(CN)C1CCCN(C)C1=O. The molecule has 1 aliphatic heterocycles. The lowest BCUT2D eigenvalue weighted by Gasteiger charge is -2.35. The van der Waals surface area contributed by atoms with Gasteiger partial charge in [0, 0.05) is 19.5 Å². The van der Waals surface area contributed by atoms with E-state index >= 15 is 0 Å². The van der Waals surface area contributed by atoms with E-state index in [0.717, 1.165) is 19.4 Å². The number of likely N-dealkylation sites (tertiary alicyclic amines) is 1. The first-order valence-corrected chi connectivity index (χ1v) is 5.53. The maximum atomic E-state index is 11.9. The Morgan fingerprint density at radius 3 is 2.71 bits per heavy atom. The Labute approximate surface area is 86.6 Å². The van der Waals surface area contributed by atoms with E-state index in [2.05, 4.69) is 13.8 Å². The molecule has 3 heteroatoms. The fourth-order valence-corrected chi connectivity index (χ4v) is 2.36. The van der Waals surface area contributed by atoms with Crippen molar-refractivity contribution >= 4 is 5.91 Å². The molecule has 0 spiro atoms. The number of carbonyl (C=O) groups excluding carboxylic acids is 1. The summed E-state index contributed by atoms with van der Waals surface area (Å²) in [5.41, 5.74) is 5.74. The van der Waals surface area contributed by atoms with Gasteiger partial charge in [0.1, 0.15) is 0 Å². The lowest BCUT2D eigenvalue weighted by atomic mass is 9.78. The predicted octanol–water partition coefficient (Wildman–Crippen LogP) is 1.09. The molecule has 1 heterocycles. The van der Waals surface area contributed by atoms with Crippen LogP contribution in [0.4, 0.5) is 0 Å². The summed E-state index contributed by atoms with van der Waals surface area (Å²) in [6.07, 6.45) is 2.14. The van der Waals surface area contributed by atoms with Crippen LogP contribution in [0.2, 0.25) is 0 Å². The van der Waals surface area contributed by atoms with Gasteiger partial charge in [0.25, 0.3) is 0 Å². The number of hydrogen-bond donors (Lipinski definition) is 1. The highest BCUT2D eigenvalue weighted by Gasteiger charge is 2.33. The molecule has 1 aliphatic rings. The number of rotatable bonds is 3. The fourth-order valence-electron chi connectivity index (χ4n) is 2.36. The molecule has 3 nitrogen and oxygen atoms in total. The van der Waals surface area contributed by atoms with Crippen LogP contribution in [0.15, 0.2) is 0 Å². The zero-order valence-electron chi connectivity index (χ0n) is 9.49.